The molecule has 0 aliphatic heterocycles. The number of aryl methyl sites for hydroxylation is 1. The number of nitrogens with zero attached hydrogens (tertiary/aromatic N) is 7. The maximum absolute atomic E-state index is 10.9. The molecule has 2 heterocycles. The molecule has 4 rings (SSSR count). The van der Waals surface area contributed by atoms with Crippen molar-refractivity contribution in [3.8, 4) is 5.75 Å². The van der Waals surface area contributed by atoms with E-state index in [2.05, 4.69) is 40.5 Å². The molecule has 0 bridgehead atoms. The van der Waals surface area contributed by atoms with Crippen molar-refractivity contribution in [1.29, 1.82) is 0 Å². The van der Waals surface area contributed by atoms with E-state index in [9.17, 15) is 15.2 Å². The molecule has 12 heteroatoms. The number of non-ortho nitro benzene ring substituents is 1. The summed E-state index contributed by atoms with van der Waals surface area (Å²) in [6.07, 6.45) is 0. The smallest absolute Gasteiger partial charge is 0.270 e. The normalized spacial score (nSPS) is 11.3. The van der Waals surface area contributed by atoms with Crippen molar-refractivity contribution in [3.05, 3.63) is 63.2 Å². The highest BCUT2D eigenvalue weighted by atomic mass is 16.6. The van der Waals surface area contributed by atoms with Crippen LogP contribution in [0.3, 0.4) is 0 Å². The number of nitrogens with one attached hydrogen (secondary N) is 1. The molecule has 0 fully saturated rings. The summed E-state index contributed by atoms with van der Waals surface area (Å²) in [5, 5.41) is 39.5. The zero-order valence-electron chi connectivity index (χ0n) is 16.5. The Bertz CT molecular complexity index is 1320. The molecule has 2 aromatic heterocycles. The fraction of sp³-hybridized carbons (Fsp3) is 0.158. The fourth-order valence-corrected chi connectivity index (χ4v) is 2.79. The van der Waals surface area contributed by atoms with E-state index in [1.807, 2.05) is 32.0 Å². The number of nitro groups is 1. The molecule has 156 valence electrons. The number of rotatable bonds is 6. The van der Waals surface area contributed by atoms with Crippen molar-refractivity contribution < 1.29 is 14.7 Å². The van der Waals surface area contributed by atoms with E-state index in [4.69, 9.17) is 0 Å². The van der Waals surface area contributed by atoms with Crippen molar-refractivity contribution in [1.82, 2.24) is 20.3 Å². The Balaban J connectivity index is 1.67. The molecule has 2 N–H and O–H groups in total. The van der Waals surface area contributed by atoms with Gasteiger partial charge in [0.1, 0.15) is 5.75 Å². The molecule has 2 aromatic carbocycles. The molecule has 0 atom stereocenters. The van der Waals surface area contributed by atoms with E-state index in [0.29, 0.717) is 0 Å². The van der Waals surface area contributed by atoms with Crippen LogP contribution < -0.4 is 5.32 Å². The number of anilines is 2. The molecule has 12 nitrogen and oxygen atoms in total. The van der Waals surface area contributed by atoms with Crippen LogP contribution in [-0.2, 0) is 6.54 Å². The minimum atomic E-state index is -0.552. The Kier molecular flexibility index (Phi) is 5.18. The number of aromatic hydroxyl groups is 1. The first-order chi connectivity index (χ1) is 14.9. The van der Waals surface area contributed by atoms with E-state index in [1.54, 1.807) is 0 Å². The molecule has 0 unspecified atom stereocenters. The second-order valence-electron chi connectivity index (χ2n) is 6.65. The largest absolute Gasteiger partial charge is 0.508 e. The van der Waals surface area contributed by atoms with Gasteiger partial charge in [0.25, 0.3) is 5.69 Å². The van der Waals surface area contributed by atoms with Gasteiger partial charge in [-0.1, -0.05) is 12.1 Å². The molecule has 0 saturated heterocycles. The molecule has 0 amide bonds. The van der Waals surface area contributed by atoms with E-state index in [1.165, 1.54) is 18.2 Å². The number of fused-ring (bicyclic) bond motifs is 1. The lowest BCUT2D eigenvalue weighted by Crippen LogP contribution is -1.99. The summed E-state index contributed by atoms with van der Waals surface area (Å²) < 4.78 is 4.67. The Morgan fingerprint density at radius 2 is 1.94 bits per heavy atom. The SMILES string of the molecule is Cc1cccc(Nc2nc3nonc3nc2N=NCc2cc([N+](=O)[O-])ccc2O)c1C. The zero-order chi connectivity index (χ0) is 22.0. The molecule has 0 aliphatic carbocycles. The second kappa shape index (κ2) is 8.10. The molecule has 4 aromatic rings. The van der Waals surface area contributed by atoms with Crippen LogP contribution in [0.4, 0.5) is 23.0 Å². The van der Waals surface area contributed by atoms with Gasteiger partial charge in [0.15, 0.2) is 5.82 Å². The number of phenolic OH excluding ortho intramolecular Hbond substituents is 1. The summed E-state index contributed by atoms with van der Waals surface area (Å²) in [5.41, 5.74) is 3.35. The van der Waals surface area contributed by atoms with Crippen molar-refractivity contribution in [2.24, 2.45) is 10.2 Å². The average Bonchev–Trinajstić information content (AvgIpc) is 3.20. The Hall–Kier alpha value is -4.48. The molecule has 31 heavy (non-hydrogen) atoms. The topological polar surface area (TPSA) is 165 Å². The van der Waals surface area contributed by atoms with Gasteiger partial charge in [-0.15, -0.1) is 5.11 Å². The van der Waals surface area contributed by atoms with Crippen molar-refractivity contribution >= 4 is 34.3 Å². The Labute approximate surface area is 174 Å². The zero-order valence-corrected chi connectivity index (χ0v) is 16.5. The number of aromatic nitrogens is 4. The first-order valence-corrected chi connectivity index (χ1v) is 9.09. The van der Waals surface area contributed by atoms with Crippen molar-refractivity contribution in [2.75, 3.05) is 5.32 Å². The van der Waals surface area contributed by atoms with E-state index >= 15 is 0 Å². The van der Waals surface area contributed by atoms with Crippen LogP contribution in [0.5, 0.6) is 5.75 Å². The monoisotopic (exact) mass is 420 g/mol. The van der Waals surface area contributed by atoms with Crippen LogP contribution in [0.1, 0.15) is 16.7 Å². The van der Waals surface area contributed by atoms with Crippen LogP contribution in [0, 0.1) is 24.0 Å². The predicted octanol–water partition coefficient (Wildman–Crippen LogP) is 4.27. The predicted molar refractivity (Wildman–Crippen MR) is 110 cm³/mol. The quantitative estimate of drug-likeness (QED) is 0.263. The molecular formula is C19H16N8O4. The second-order valence-corrected chi connectivity index (χ2v) is 6.65. The van der Waals surface area contributed by atoms with Gasteiger partial charge in [0.05, 0.1) is 11.5 Å². The minimum Gasteiger partial charge on any atom is -0.508 e. The standard InChI is InChI=1S/C19H16N8O4/c1-10-4-3-5-14(11(10)2)21-16-17(23-19-18(22-16)25-31-26-19)24-20-9-12-8-13(27(29)30)6-7-15(12)28/h3-8,28H,9H2,1-2H3,(H,21,22,25). The van der Waals surface area contributed by atoms with Crippen LogP contribution in [0.2, 0.25) is 0 Å². The summed E-state index contributed by atoms with van der Waals surface area (Å²) in [6.45, 7) is 3.85. The van der Waals surface area contributed by atoms with E-state index in [0.717, 1.165) is 16.8 Å². The van der Waals surface area contributed by atoms with Gasteiger partial charge in [-0.25, -0.2) is 9.61 Å². The maximum Gasteiger partial charge on any atom is 0.270 e. The number of hydrogen-bond acceptors (Lipinski definition) is 11. The lowest BCUT2D eigenvalue weighted by Gasteiger charge is -2.11. The van der Waals surface area contributed by atoms with Crippen molar-refractivity contribution in [2.45, 2.75) is 20.4 Å². The third-order valence-electron chi connectivity index (χ3n) is 4.63. The fourth-order valence-electron chi connectivity index (χ4n) is 2.79. The first kappa shape index (κ1) is 19.8. The lowest BCUT2D eigenvalue weighted by molar-refractivity contribution is -0.384. The summed E-state index contributed by atoms with van der Waals surface area (Å²) >= 11 is 0. The summed E-state index contributed by atoms with van der Waals surface area (Å²) in [4.78, 5) is 19.0. The van der Waals surface area contributed by atoms with E-state index in [-0.39, 0.29) is 46.5 Å². The van der Waals surface area contributed by atoms with Crippen LogP contribution in [-0.4, -0.2) is 30.3 Å². The molecule has 0 saturated carbocycles. The minimum absolute atomic E-state index is 0.104. The third-order valence-corrected chi connectivity index (χ3v) is 4.63. The average molecular weight is 420 g/mol. The maximum atomic E-state index is 10.9. The number of hydrogen-bond donors (Lipinski definition) is 2. The number of azo groups is 1. The summed E-state index contributed by atoms with van der Waals surface area (Å²) in [5.74, 6) is 0.276. The van der Waals surface area contributed by atoms with Gasteiger partial charge in [-0.3, -0.25) is 10.1 Å². The van der Waals surface area contributed by atoms with Gasteiger partial charge in [-0.2, -0.15) is 10.1 Å². The number of phenols is 1. The third kappa shape index (κ3) is 4.12. The summed E-state index contributed by atoms with van der Waals surface area (Å²) in [6, 6.07) is 9.46. The van der Waals surface area contributed by atoms with Gasteiger partial charge < -0.3 is 10.4 Å². The first-order valence-electron chi connectivity index (χ1n) is 9.09. The number of benzene rings is 2. The van der Waals surface area contributed by atoms with Gasteiger partial charge in [0.2, 0.25) is 17.1 Å². The van der Waals surface area contributed by atoms with Crippen molar-refractivity contribution in [3.63, 3.8) is 0 Å². The van der Waals surface area contributed by atoms with Crippen LogP contribution >= 0.6 is 0 Å². The van der Waals surface area contributed by atoms with Gasteiger partial charge >= 0.3 is 0 Å². The Morgan fingerprint density at radius 3 is 2.71 bits per heavy atom. The highest BCUT2D eigenvalue weighted by molar-refractivity contribution is 5.75. The Morgan fingerprint density at radius 1 is 1.16 bits per heavy atom. The van der Waals surface area contributed by atoms with Crippen LogP contribution in [0.25, 0.3) is 11.3 Å². The molecule has 0 spiro atoms. The van der Waals surface area contributed by atoms with Crippen LogP contribution in [0.15, 0.2) is 51.3 Å². The summed E-state index contributed by atoms with van der Waals surface area (Å²) in [7, 11) is 0. The lowest BCUT2D eigenvalue weighted by atomic mass is 10.1. The molecule has 0 radical (unpaired) electrons. The number of nitro benzene ring substituents is 1. The van der Waals surface area contributed by atoms with E-state index < -0.39 is 4.92 Å². The van der Waals surface area contributed by atoms with Gasteiger partial charge in [-0.05, 0) is 47.4 Å². The highest BCUT2D eigenvalue weighted by Crippen LogP contribution is 2.29. The molecule has 0 aliphatic rings. The highest BCUT2D eigenvalue weighted by Gasteiger charge is 2.15. The van der Waals surface area contributed by atoms with Gasteiger partial charge in [0, 0.05) is 23.4 Å². The molecular weight excluding hydrogens is 404 g/mol.